The van der Waals surface area contributed by atoms with Gasteiger partial charge in [0.05, 0.1) is 6.10 Å². The van der Waals surface area contributed by atoms with Gasteiger partial charge in [-0.25, -0.2) is 4.79 Å². The molecule has 1 unspecified atom stereocenters. The predicted octanol–water partition coefficient (Wildman–Crippen LogP) is 2.96. The third-order valence-electron chi connectivity index (χ3n) is 4.26. The summed E-state index contributed by atoms with van der Waals surface area (Å²) in [7, 11) is 0. The molecule has 2 N–H and O–H groups in total. The smallest absolute Gasteiger partial charge is 0.407 e. The van der Waals surface area contributed by atoms with Gasteiger partial charge in [0, 0.05) is 13.1 Å². The summed E-state index contributed by atoms with van der Waals surface area (Å²) < 4.78 is 5.26. The second-order valence-electron chi connectivity index (χ2n) is 7.55. The number of aliphatic hydroxyl groups is 1. The molecule has 24 heavy (non-hydrogen) atoms. The van der Waals surface area contributed by atoms with Crippen molar-refractivity contribution < 1.29 is 14.6 Å². The second-order valence-corrected chi connectivity index (χ2v) is 7.55. The molecule has 0 bridgehead atoms. The number of rotatable bonds is 5. The lowest BCUT2D eigenvalue weighted by Gasteiger charge is -2.33. The third kappa shape index (κ3) is 6.49. The number of amides is 1. The average molecular weight is 334 g/mol. The molecule has 1 atom stereocenters. The number of piperidine rings is 1. The predicted molar refractivity (Wildman–Crippen MR) is 94.8 cm³/mol. The Hall–Kier alpha value is -1.59. The lowest BCUT2D eigenvalue weighted by Crippen LogP contribution is -2.41. The number of likely N-dealkylation sites (tertiary alicyclic amines) is 1. The van der Waals surface area contributed by atoms with Crippen LogP contribution >= 0.6 is 0 Å². The molecule has 0 spiro atoms. The fourth-order valence-corrected chi connectivity index (χ4v) is 2.94. The molecule has 0 radical (unpaired) electrons. The van der Waals surface area contributed by atoms with Crippen LogP contribution < -0.4 is 5.32 Å². The minimum atomic E-state index is -0.457. The number of benzene rings is 1. The van der Waals surface area contributed by atoms with Crippen LogP contribution in [0.1, 0.15) is 45.3 Å². The molecule has 0 saturated carbocycles. The molecule has 1 amide bonds. The van der Waals surface area contributed by atoms with Crippen LogP contribution in [0.25, 0.3) is 0 Å². The maximum Gasteiger partial charge on any atom is 0.407 e. The van der Waals surface area contributed by atoms with E-state index >= 15 is 0 Å². The summed E-state index contributed by atoms with van der Waals surface area (Å²) in [6, 6.07) is 9.78. The number of carbonyl (C=O) groups excluding carboxylic acids is 1. The number of β-amino-alcohol motifs (C(OH)–C–C–N with tert-alkyl or cyclic N) is 1. The largest absolute Gasteiger partial charge is 0.444 e. The highest BCUT2D eigenvalue weighted by molar-refractivity contribution is 5.67. The van der Waals surface area contributed by atoms with Crippen LogP contribution in [0.4, 0.5) is 4.79 Å². The van der Waals surface area contributed by atoms with Gasteiger partial charge in [-0.15, -0.1) is 0 Å². The van der Waals surface area contributed by atoms with Crippen molar-refractivity contribution in [3.05, 3.63) is 35.9 Å². The molecule has 1 heterocycles. The van der Waals surface area contributed by atoms with Crippen molar-refractivity contribution in [2.75, 3.05) is 26.2 Å². The van der Waals surface area contributed by atoms with Gasteiger partial charge >= 0.3 is 6.09 Å². The minimum Gasteiger partial charge on any atom is -0.444 e. The van der Waals surface area contributed by atoms with Crippen molar-refractivity contribution in [2.45, 2.75) is 45.3 Å². The quantitative estimate of drug-likeness (QED) is 0.869. The summed E-state index contributed by atoms with van der Waals surface area (Å²) in [6.07, 6.45) is 1.27. The minimum absolute atomic E-state index is 0.343. The van der Waals surface area contributed by atoms with E-state index in [0.717, 1.165) is 31.5 Å². The van der Waals surface area contributed by atoms with E-state index in [1.165, 1.54) is 0 Å². The van der Waals surface area contributed by atoms with Crippen LogP contribution in [0.5, 0.6) is 0 Å². The van der Waals surface area contributed by atoms with E-state index in [2.05, 4.69) is 10.2 Å². The fraction of sp³-hybridized carbons (Fsp3) is 0.632. The molecule has 1 aliphatic heterocycles. The number of hydrogen-bond donors (Lipinski definition) is 2. The van der Waals surface area contributed by atoms with Gasteiger partial charge in [0.25, 0.3) is 0 Å². The van der Waals surface area contributed by atoms with Gasteiger partial charge in [0.1, 0.15) is 5.60 Å². The molecular formula is C19H30N2O3. The van der Waals surface area contributed by atoms with Crippen LogP contribution in [0.2, 0.25) is 0 Å². The number of nitrogens with zero attached hydrogens (tertiary/aromatic N) is 1. The molecule has 0 aromatic heterocycles. The van der Waals surface area contributed by atoms with Crippen LogP contribution in [0.3, 0.4) is 0 Å². The van der Waals surface area contributed by atoms with Gasteiger partial charge in [0.15, 0.2) is 0 Å². The number of aliphatic hydroxyl groups excluding tert-OH is 1. The molecule has 0 aliphatic carbocycles. The van der Waals surface area contributed by atoms with Crippen molar-refractivity contribution in [2.24, 2.45) is 5.92 Å². The van der Waals surface area contributed by atoms with E-state index in [-0.39, 0.29) is 6.09 Å². The Morgan fingerprint density at radius 1 is 1.29 bits per heavy atom. The average Bonchev–Trinajstić information content (AvgIpc) is 2.53. The molecule has 1 aromatic rings. The zero-order chi connectivity index (χ0) is 17.6. The van der Waals surface area contributed by atoms with Crippen molar-refractivity contribution in [3.63, 3.8) is 0 Å². The number of nitrogens with one attached hydrogen (secondary N) is 1. The second kappa shape index (κ2) is 8.49. The monoisotopic (exact) mass is 334 g/mol. The van der Waals surface area contributed by atoms with Crippen molar-refractivity contribution in [1.82, 2.24) is 10.2 Å². The fourth-order valence-electron chi connectivity index (χ4n) is 2.94. The molecule has 1 aliphatic rings. The first-order chi connectivity index (χ1) is 11.3. The van der Waals surface area contributed by atoms with Gasteiger partial charge in [0.2, 0.25) is 0 Å². The first-order valence-electron chi connectivity index (χ1n) is 8.76. The first kappa shape index (κ1) is 18.7. The maximum atomic E-state index is 11.7. The summed E-state index contributed by atoms with van der Waals surface area (Å²) in [4.78, 5) is 14.0. The Balaban J connectivity index is 1.67. The first-order valence-corrected chi connectivity index (χ1v) is 8.76. The van der Waals surface area contributed by atoms with Gasteiger partial charge in [-0.2, -0.15) is 0 Å². The Morgan fingerprint density at radius 3 is 2.50 bits per heavy atom. The Morgan fingerprint density at radius 2 is 1.92 bits per heavy atom. The topological polar surface area (TPSA) is 61.8 Å². The normalized spacial score (nSPS) is 18.2. The molecular weight excluding hydrogens is 304 g/mol. The van der Waals surface area contributed by atoms with E-state index in [4.69, 9.17) is 4.74 Å². The summed E-state index contributed by atoms with van der Waals surface area (Å²) in [5, 5.41) is 13.2. The zero-order valence-electron chi connectivity index (χ0n) is 15.0. The molecule has 2 rings (SSSR count). The van der Waals surface area contributed by atoms with Crippen LogP contribution in [0.15, 0.2) is 30.3 Å². The van der Waals surface area contributed by atoms with Crippen molar-refractivity contribution in [3.8, 4) is 0 Å². The standard InChI is InChI=1S/C19H30N2O3/c1-19(2,3)24-18(23)20-13-15-9-11-21(12-10-15)14-17(22)16-7-5-4-6-8-16/h4-8,15,17,22H,9-14H2,1-3H3,(H,20,23). The summed E-state index contributed by atoms with van der Waals surface area (Å²) in [6.45, 7) is 8.81. The Bertz CT molecular complexity index is 505. The molecule has 134 valence electrons. The molecule has 1 saturated heterocycles. The number of carbonyl (C=O) groups is 1. The van der Waals surface area contributed by atoms with Gasteiger partial charge < -0.3 is 20.1 Å². The van der Waals surface area contributed by atoms with Crippen LogP contribution in [-0.4, -0.2) is 47.9 Å². The van der Waals surface area contributed by atoms with E-state index in [1.54, 1.807) is 0 Å². The molecule has 1 aromatic carbocycles. The number of alkyl carbamates (subject to hydrolysis) is 1. The highest BCUT2D eigenvalue weighted by atomic mass is 16.6. The molecule has 5 heteroatoms. The van der Waals surface area contributed by atoms with Crippen molar-refractivity contribution in [1.29, 1.82) is 0 Å². The highest BCUT2D eigenvalue weighted by Gasteiger charge is 2.23. The van der Waals surface area contributed by atoms with E-state index in [1.807, 2.05) is 51.1 Å². The lowest BCUT2D eigenvalue weighted by atomic mass is 9.96. The van der Waals surface area contributed by atoms with E-state index in [0.29, 0.717) is 19.0 Å². The van der Waals surface area contributed by atoms with Crippen molar-refractivity contribution >= 4 is 6.09 Å². The maximum absolute atomic E-state index is 11.7. The Labute approximate surface area is 145 Å². The molecule has 1 fully saturated rings. The van der Waals surface area contributed by atoms with Crippen LogP contribution in [0, 0.1) is 5.92 Å². The summed E-state index contributed by atoms with van der Waals surface area (Å²) in [5.74, 6) is 0.475. The SMILES string of the molecule is CC(C)(C)OC(=O)NCC1CCN(CC(O)c2ccccc2)CC1. The van der Waals surface area contributed by atoms with Gasteiger partial charge in [-0.3, -0.25) is 0 Å². The Kier molecular flexibility index (Phi) is 6.63. The van der Waals surface area contributed by atoms with Crippen LogP contribution in [-0.2, 0) is 4.74 Å². The number of ether oxygens (including phenoxy) is 1. The summed E-state index contributed by atoms with van der Waals surface area (Å²) in [5.41, 5.74) is 0.507. The van der Waals surface area contributed by atoms with Gasteiger partial charge in [-0.1, -0.05) is 30.3 Å². The summed E-state index contributed by atoms with van der Waals surface area (Å²) >= 11 is 0. The van der Waals surface area contributed by atoms with E-state index < -0.39 is 11.7 Å². The zero-order valence-corrected chi connectivity index (χ0v) is 15.0. The third-order valence-corrected chi connectivity index (χ3v) is 4.26. The van der Waals surface area contributed by atoms with E-state index in [9.17, 15) is 9.90 Å². The highest BCUT2D eigenvalue weighted by Crippen LogP contribution is 2.20. The number of hydrogen-bond acceptors (Lipinski definition) is 4. The van der Waals surface area contributed by atoms with Gasteiger partial charge in [-0.05, 0) is 58.2 Å². The lowest BCUT2D eigenvalue weighted by molar-refractivity contribution is 0.0502. The molecule has 5 nitrogen and oxygen atoms in total.